The Hall–Kier alpha value is -3.59. The summed E-state index contributed by atoms with van der Waals surface area (Å²) in [6, 6.07) is -0.282. The smallest absolute Gasteiger partial charge is 0.410 e. The molecule has 4 rings (SSSR count). The Kier molecular flexibility index (Phi) is 9.68. The van der Waals surface area contributed by atoms with Crippen molar-refractivity contribution in [3.05, 3.63) is 23.2 Å². The quantitative estimate of drug-likeness (QED) is 0.459. The van der Waals surface area contributed by atoms with Crippen LogP contribution in [0.15, 0.2) is 33.2 Å². The third kappa shape index (κ3) is 8.21. The second-order valence-electron chi connectivity index (χ2n) is 10.3. The molecule has 14 nitrogen and oxygen atoms in total. The Balaban J connectivity index is 1.35. The highest BCUT2D eigenvalue weighted by Crippen LogP contribution is 2.18. The van der Waals surface area contributed by atoms with Crippen molar-refractivity contribution in [2.45, 2.75) is 45.4 Å². The predicted octanol–water partition coefficient (Wildman–Crippen LogP) is 2.57. The van der Waals surface area contributed by atoms with Gasteiger partial charge in [0.05, 0.1) is 29.8 Å². The third-order valence-corrected chi connectivity index (χ3v) is 6.51. The van der Waals surface area contributed by atoms with Crippen molar-refractivity contribution in [3.8, 4) is 0 Å². The van der Waals surface area contributed by atoms with Gasteiger partial charge in [-0.05, 0) is 43.6 Å². The standard InChI is InChI=1S/C25H34BrN11O3/c1-17(20-15-37(9-10-39-20)24(38)40-25(2,3)4)28-14-19(11-27)33-21-31-16-32-23(34-21)36-7-5-35(6-8-36)22-29-12-18(26)13-30-22/h11-14,16-17,20,27H,5-10,15H2,1-4H3. The number of hydrogen-bond donors (Lipinski definition) is 1. The van der Waals surface area contributed by atoms with E-state index in [1.165, 1.54) is 12.5 Å². The molecular weight excluding hydrogens is 582 g/mol. The lowest BCUT2D eigenvalue weighted by atomic mass is 10.1. The SMILES string of the molecule is CC(N=CC(C=N)=Nc1ncnc(N2CCN(c3ncc(Br)cn3)CC2)n1)C1CN(C(=O)OC(C)(C)C)CCO1. The van der Waals surface area contributed by atoms with E-state index >= 15 is 0 Å². The number of halogens is 1. The summed E-state index contributed by atoms with van der Waals surface area (Å²) in [5.74, 6) is 1.38. The van der Waals surface area contributed by atoms with E-state index < -0.39 is 5.60 Å². The van der Waals surface area contributed by atoms with Crippen molar-refractivity contribution >= 4 is 58.0 Å². The van der Waals surface area contributed by atoms with E-state index in [0.29, 0.717) is 44.7 Å². The average Bonchev–Trinajstić information content (AvgIpc) is 2.95. The monoisotopic (exact) mass is 615 g/mol. The van der Waals surface area contributed by atoms with E-state index in [9.17, 15) is 4.79 Å². The molecule has 1 N–H and O–H groups in total. The summed E-state index contributed by atoms with van der Waals surface area (Å²) in [6.07, 6.45) is 6.78. The molecular formula is C25H34BrN11O3. The Bertz CT molecular complexity index is 1230. The normalized spacial score (nSPS) is 19.6. The van der Waals surface area contributed by atoms with Crippen molar-refractivity contribution in [2.75, 3.05) is 55.7 Å². The molecule has 2 atom stereocenters. The molecule has 0 spiro atoms. The molecule has 2 unspecified atom stereocenters. The number of aliphatic imine (C=N–C) groups is 2. The fourth-order valence-electron chi connectivity index (χ4n) is 4.02. The highest BCUT2D eigenvalue weighted by atomic mass is 79.9. The van der Waals surface area contributed by atoms with Crippen molar-refractivity contribution < 1.29 is 14.3 Å². The van der Waals surface area contributed by atoms with Crippen LogP contribution in [0.25, 0.3) is 0 Å². The van der Waals surface area contributed by atoms with Gasteiger partial charge < -0.3 is 29.6 Å². The number of anilines is 2. The Morgan fingerprint density at radius 2 is 1.80 bits per heavy atom. The number of morpholine rings is 1. The highest BCUT2D eigenvalue weighted by Gasteiger charge is 2.30. The van der Waals surface area contributed by atoms with Crippen molar-refractivity contribution in [1.29, 1.82) is 5.41 Å². The largest absolute Gasteiger partial charge is 0.444 e. The maximum Gasteiger partial charge on any atom is 0.410 e. The number of nitrogens with one attached hydrogen (secondary N) is 1. The summed E-state index contributed by atoms with van der Waals surface area (Å²) in [5.41, 5.74) is -0.289. The Labute approximate surface area is 241 Å². The molecule has 2 saturated heterocycles. The molecule has 40 heavy (non-hydrogen) atoms. The van der Waals surface area contributed by atoms with Crippen LogP contribution >= 0.6 is 15.9 Å². The zero-order valence-corrected chi connectivity index (χ0v) is 24.7. The summed E-state index contributed by atoms with van der Waals surface area (Å²) >= 11 is 3.36. The molecule has 0 saturated carbocycles. The topological polar surface area (TPSA) is 158 Å². The van der Waals surface area contributed by atoms with Crippen LogP contribution in [0.4, 0.5) is 22.6 Å². The molecule has 0 aromatic carbocycles. The predicted molar refractivity (Wildman–Crippen MR) is 155 cm³/mol. The van der Waals surface area contributed by atoms with Gasteiger partial charge in [-0.25, -0.2) is 24.7 Å². The van der Waals surface area contributed by atoms with Crippen LogP contribution in [0, 0.1) is 5.41 Å². The number of rotatable bonds is 7. The first-order valence-corrected chi connectivity index (χ1v) is 13.8. The van der Waals surface area contributed by atoms with E-state index in [2.05, 4.69) is 55.7 Å². The van der Waals surface area contributed by atoms with Gasteiger partial charge in [0.2, 0.25) is 11.9 Å². The Morgan fingerprint density at radius 3 is 2.45 bits per heavy atom. The minimum atomic E-state index is -0.567. The van der Waals surface area contributed by atoms with Gasteiger partial charge in [-0.15, -0.1) is 0 Å². The lowest BCUT2D eigenvalue weighted by molar-refractivity contribution is -0.0480. The maximum absolute atomic E-state index is 12.5. The maximum atomic E-state index is 12.5. The number of hydrogen-bond acceptors (Lipinski definition) is 13. The van der Waals surface area contributed by atoms with Gasteiger partial charge in [-0.1, -0.05) is 0 Å². The zero-order valence-electron chi connectivity index (χ0n) is 23.1. The number of carbonyl (C=O) groups is 1. The minimum absolute atomic E-state index is 0.186. The lowest BCUT2D eigenvalue weighted by Crippen LogP contribution is -2.50. The van der Waals surface area contributed by atoms with Crippen LogP contribution in [0.3, 0.4) is 0 Å². The molecule has 2 fully saturated rings. The molecule has 2 aliphatic rings. The fraction of sp³-hybridized carbons (Fsp3) is 0.560. The van der Waals surface area contributed by atoms with Crippen LogP contribution in [-0.2, 0) is 9.47 Å². The molecule has 2 aromatic rings. The van der Waals surface area contributed by atoms with Gasteiger partial charge in [0.25, 0.3) is 5.95 Å². The highest BCUT2D eigenvalue weighted by molar-refractivity contribution is 9.10. The number of amides is 1. The van der Waals surface area contributed by atoms with E-state index in [4.69, 9.17) is 14.9 Å². The third-order valence-electron chi connectivity index (χ3n) is 6.10. The number of piperazine rings is 1. The average molecular weight is 617 g/mol. The van der Waals surface area contributed by atoms with E-state index in [1.807, 2.05) is 32.6 Å². The Morgan fingerprint density at radius 1 is 1.12 bits per heavy atom. The van der Waals surface area contributed by atoms with Crippen LogP contribution < -0.4 is 9.80 Å². The molecule has 4 heterocycles. The number of carbonyl (C=O) groups excluding carboxylic acids is 1. The van der Waals surface area contributed by atoms with Gasteiger partial charge in [-0.2, -0.15) is 9.97 Å². The van der Waals surface area contributed by atoms with Gasteiger partial charge in [0, 0.05) is 57.5 Å². The van der Waals surface area contributed by atoms with Gasteiger partial charge >= 0.3 is 6.09 Å². The summed E-state index contributed by atoms with van der Waals surface area (Å²) in [5, 5.41) is 7.79. The molecule has 214 valence electrons. The molecule has 15 heteroatoms. The first-order valence-electron chi connectivity index (χ1n) is 13.0. The molecule has 1 amide bonds. The molecule has 2 aromatic heterocycles. The number of ether oxygens (including phenoxy) is 2. The van der Waals surface area contributed by atoms with Crippen molar-refractivity contribution in [2.24, 2.45) is 9.98 Å². The van der Waals surface area contributed by atoms with Gasteiger partial charge in [-0.3, -0.25) is 4.99 Å². The summed E-state index contributed by atoms with van der Waals surface area (Å²) in [4.78, 5) is 48.8. The molecule has 0 aliphatic carbocycles. The van der Waals surface area contributed by atoms with Crippen LogP contribution in [-0.4, -0.2) is 118 Å². The zero-order chi connectivity index (χ0) is 28.7. The van der Waals surface area contributed by atoms with Crippen molar-refractivity contribution in [3.63, 3.8) is 0 Å². The van der Waals surface area contributed by atoms with Gasteiger partial charge in [0.1, 0.15) is 17.6 Å². The fourth-order valence-corrected chi connectivity index (χ4v) is 4.23. The second-order valence-corrected chi connectivity index (χ2v) is 11.2. The first-order chi connectivity index (χ1) is 19.1. The molecule has 0 radical (unpaired) electrons. The van der Waals surface area contributed by atoms with Crippen LogP contribution in [0.1, 0.15) is 27.7 Å². The summed E-state index contributed by atoms with van der Waals surface area (Å²) < 4.78 is 12.2. The summed E-state index contributed by atoms with van der Waals surface area (Å²) in [6.45, 7) is 11.4. The van der Waals surface area contributed by atoms with E-state index in [0.717, 1.165) is 23.8 Å². The molecule has 2 aliphatic heterocycles. The molecule has 0 bridgehead atoms. The van der Waals surface area contributed by atoms with Gasteiger partial charge in [0.15, 0.2) is 0 Å². The van der Waals surface area contributed by atoms with Crippen LogP contribution in [0.5, 0.6) is 0 Å². The van der Waals surface area contributed by atoms with Crippen molar-refractivity contribution in [1.82, 2.24) is 29.8 Å². The van der Waals surface area contributed by atoms with E-state index in [1.54, 1.807) is 17.3 Å². The summed E-state index contributed by atoms with van der Waals surface area (Å²) in [7, 11) is 0. The number of nitrogens with zero attached hydrogens (tertiary/aromatic N) is 10. The van der Waals surface area contributed by atoms with E-state index in [-0.39, 0.29) is 29.9 Å². The lowest BCUT2D eigenvalue weighted by Gasteiger charge is -2.35. The van der Waals surface area contributed by atoms with Crippen LogP contribution in [0.2, 0.25) is 0 Å². The number of aromatic nitrogens is 5. The minimum Gasteiger partial charge on any atom is -0.444 e. The first kappa shape index (κ1) is 29.4. The second kappa shape index (κ2) is 13.2.